The van der Waals surface area contributed by atoms with Crippen molar-refractivity contribution in [2.45, 2.75) is 285 Å². The average Bonchev–Trinajstić information content (AvgIpc) is 3.58. The third kappa shape index (κ3) is 17.2. The number of carbonyl (C=O) groups is 1. The number of hydrogen-bond donors (Lipinski definition) is 0. The summed E-state index contributed by atoms with van der Waals surface area (Å²) in [6.45, 7) is 15.0. The molecule has 0 aromatic heterocycles. The van der Waals surface area contributed by atoms with Crippen LogP contribution in [0.2, 0.25) is 0 Å². The van der Waals surface area contributed by atoms with E-state index in [1.54, 1.807) is 5.57 Å². The first-order valence-corrected chi connectivity index (χ1v) is 27.2. The highest BCUT2D eigenvalue weighted by Crippen LogP contribution is 2.67. The lowest BCUT2D eigenvalue weighted by atomic mass is 9.47. The van der Waals surface area contributed by atoms with Crippen molar-refractivity contribution in [2.24, 2.45) is 46.3 Å². The van der Waals surface area contributed by atoms with Crippen LogP contribution in [0.4, 0.5) is 0 Å². The zero-order valence-corrected chi connectivity index (χ0v) is 40.8. The van der Waals surface area contributed by atoms with Gasteiger partial charge in [0.15, 0.2) is 0 Å². The Labute approximate surface area is 369 Å². The largest absolute Gasteiger partial charge is 0.462 e. The monoisotopic (exact) mass is 819 g/mol. The molecule has 0 bridgehead atoms. The molecule has 3 saturated carbocycles. The molecule has 0 spiro atoms. The summed E-state index contributed by atoms with van der Waals surface area (Å²) in [5, 5.41) is 0. The maximum atomic E-state index is 12.9. The number of rotatable bonds is 33. The predicted molar refractivity (Wildman–Crippen MR) is 258 cm³/mol. The van der Waals surface area contributed by atoms with Gasteiger partial charge >= 0.3 is 5.97 Å². The highest BCUT2D eigenvalue weighted by molar-refractivity contribution is 5.69. The number of unbranched alkanes of at least 4 members (excludes halogenated alkanes) is 23. The van der Waals surface area contributed by atoms with Crippen LogP contribution in [-0.2, 0) is 9.53 Å². The Hall–Kier alpha value is -1.05. The summed E-state index contributed by atoms with van der Waals surface area (Å²) in [6, 6.07) is 0. The van der Waals surface area contributed by atoms with Gasteiger partial charge in [-0.2, -0.15) is 0 Å². The number of allylic oxidation sites excluding steroid dienone is 3. The molecule has 8 atom stereocenters. The van der Waals surface area contributed by atoms with Gasteiger partial charge in [0.05, 0.1) is 0 Å². The highest BCUT2D eigenvalue weighted by Gasteiger charge is 2.59. The molecule has 0 N–H and O–H groups in total. The molecule has 0 radical (unpaired) electrons. The van der Waals surface area contributed by atoms with E-state index in [-0.39, 0.29) is 12.1 Å². The molecule has 342 valence electrons. The normalized spacial score (nSPS) is 28.4. The van der Waals surface area contributed by atoms with Crippen molar-refractivity contribution < 1.29 is 9.53 Å². The molecule has 4 aliphatic rings. The molecule has 59 heavy (non-hydrogen) atoms. The zero-order chi connectivity index (χ0) is 42.2. The number of ether oxygens (including phenoxy) is 1. The van der Waals surface area contributed by atoms with Gasteiger partial charge in [-0.05, 0) is 123 Å². The van der Waals surface area contributed by atoms with E-state index in [9.17, 15) is 4.79 Å². The van der Waals surface area contributed by atoms with Gasteiger partial charge < -0.3 is 4.74 Å². The highest BCUT2D eigenvalue weighted by atomic mass is 16.5. The maximum Gasteiger partial charge on any atom is 0.306 e. The van der Waals surface area contributed by atoms with Crippen LogP contribution in [0, 0.1) is 46.3 Å². The number of hydrogen-bond acceptors (Lipinski definition) is 2. The number of fused-ring (bicyclic) bond motifs is 5. The molecule has 8 unspecified atom stereocenters. The summed E-state index contributed by atoms with van der Waals surface area (Å²) in [6.07, 6.45) is 57.2. The van der Waals surface area contributed by atoms with Crippen molar-refractivity contribution in [3.63, 3.8) is 0 Å². The van der Waals surface area contributed by atoms with Gasteiger partial charge in [0, 0.05) is 12.8 Å². The minimum atomic E-state index is 0.0672. The number of esters is 1. The van der Waals surface area contributed by atoms with Crippen molar-refractivity contribution in [1.82, 2.24) is 0 Å². The van der Waals surface area contributed by atoms with Gasteiger partial charge in [-0.15, -0.1) is 0 Å². The summed E-state index contributed by atoms with van der Waals surface area (Å²) in [7, 11) is 0. The fourth-order valence-electron chi connectivity index (χ4n) is 13.5. The third-order valence-corrected chi connectivity index (χ3v) is 17.2. The zero-order valence-electron chi connectivity index (χ0n) is 40.8. The van der Waals surface area contributed by atoms with Crippen LogP contribution in [0.5, 0.6) is 0 Å². The summed E-state index contributed by atoms with van der Waals surface area (Å²) in [5.41, 5.74) is 2.53. The Kier molecular flexibility index (Phi) is 24.5. The van der Waals surface area contributed by atoms with Gasteiger partial charge in [0.1, 0.15) is 6.10 Å². The third-order valence-electron chi connectivity index (χ3n) is 17.2. The average molecular weight is 819 g/mol. The number of carbonyl (C=O) groups excluding carboxylic acids is 1. The molecule has 4 aliphatic carbocycles. The molecular formula is C57H102O2. The van der Waals surface area contributed by atoms with Crippen molar-refractivity contribution in [2.75, 3.05) is 0 Å². The smallest absolute Gasteiger partial charge is 0.306 e. The molecule has 3 fully saturated rings. The summed E-state index contributed by atoms with van der Waals surface area (Å²) in [5.74, 6) is 5.33. The van der Waals surface area contributed by atoms with Gasteiger partial charge in [0.25, 0.3) is 0 Å². The van der Waals surface area contributed by atoms with Crippen LogP contribution >= 0.6 is 0 Å². The van der Waals surface area contributed by atoms with Crippen LogP contribution in [0.3, 0.4) is 0 Å². The standard InChI is InChI=1S/C57H102O2/c1-7-8-9-10-11-12-13-14-15-16-17-18-19-20-21-22-23-24-25-26-27-28-29-30-31-32-33-37-55(58)59-50-42-44-56(5)49(46-50)38-39-51-53-41-40-52(48(4)36-34-35-47(2)3)57(53,6)45-43-54(51)56/h16-17,38,47-48,50-54H,7-15,18-37,39-46H2,1-6H3/b17-16-. The van der Waals surface area contributed by atoms with E-state index >= 15 is 0 Å². The van der Waals surface area contributed by atoms with Crippen molar-refractivity contribution in [1.29, 1.82) is 0 Å². The molecule has 0 aliphatic heterocycles. The molecule has 2 nitrogen and oxygen atoms in total. The second-order valence-electron chi connectivity index (χ2n) is 22.2. The van der Waals surface area contributed by atoms with Gasteiger partial charge in [0.2, 0.25) is 0 Å². The first kappa shape index (κ1) is 50.6. The van der Waals surface area contributed by atoms with E-state index in [1.807, 2.05) is 0 Å². The molecule has 0 amide bonds. The molecule has 2 heteroatoms. The lowest BCUT2D eigenvalue weighted by molar-refractivity contribution is -0.151. The first-order valence-electron chi connectivity index (χ1n) is 27.2. The van der Waals surface area contributed by atoms with Crippen LogP contribution < -0.4 is 0 Å². The minimum Gasteiger partial charge on any atom is -0.462 e. The Morgan fingerprint density at radius 1 is 0.644 bits per heavy atom. The van der Waals surface area contributed by atoms with E-state index in [0.29, 0.717) is 17.3 Å². The molecule has 0 aromatic rings. The molecule has 4 rings (SSSR count). The summed E-state index contributed by atoms with van der Waals surface area (Å²) < 4.78 is 6.17. The molecular weight excluding hydrogens is 717 g/mol. The second kappa shape index (κ2) is 28.6. The molecule has 0 saturated heterocycles. The van der Waals surface area contributed by atoms with Gasteiger partial charge in [-0.25, -0.2) is 0 Å². The topological polar surface area (TPSA) is 26.3 Å². The van der Waals surface area contributed by atoms with E-state index in [1.165, 1.54) is 212 Å². The lowest BCUT2D eigenvalue weighted by Gasteiger charge is -2.58. The van der Waals surface area contributed by atoms with Crippen LogP contribution in [0.1, 0.15) is 279 Å². The second-order valence-corrected chi connectivity index (χ2v) is 22.2. The summed E-state index contributed by atoms with van der Waals surface area (Å²) >= 11 is 0. The van der Waals surface area contributed by atoms with E-state index in [0.717, 1.165) is 54.8 Å². The quantitative estimate of drug-likeness (QED) is 0.0375. The SMILES string of the molecule is CCCCCCCCCC/C=C\CCCCCCCCCCCCCCCCCC(=O)OC1CCC2(C)C(=CCC3C2CCC2(C)C(C(C)CCCC(C)C)CCC32)C1. The van der Waals surface area contributed by atoms with Crippen molar-refractivity contribution in [3.8, 4) is 0 Å². The fourth-order valence-corrected chi connectivity index (χ4v) is 13.5. The van der Waals surface area contributed by atoms with Crippen LogP contribution in [0.25, 0.3) is 0 Å². The van der Waals surface area contributed by atoms with Gasteiger partial charge in [-0.1, -0.05) is 213 Å². The van der Waals surface area contributed by atoms with Crippen LogP contribution in [0.15, 0.2) is 23.8 Å². The Bertz CT molecular complexity index is 1170. The first-order chi connectivity index (χ1) is 28.7. The summed E-state index contributed by atoms with van der Waals surface area (Å²) in [4.78, 5) is 12.9. The van der Waals surface area contributed by atoms with Crippen molar-refractivity contribution in [3.05, 3.63) is 23.8 Å². The Morgan fingerprint density at radius 2 is 1.19 bits per heavy atom. The fraction of sp³-hybridized carbons (Fsp3) is 0.912. The van der Waals surface area contributed by atoms with E-state index < -0.39 is 0 Å². The van der Waals surface area contributed by atoms with Crippen LogP contribution in [-0.4, -0.2) is 12.1 Å². The Balaban J connectivity index is 0.940. The van der Waals surface area contributed by atoms with E-state index in [2.05, 4.69) is 59.8 Å². The molecule has 0 heterocycles. The molecule has 0 aromatic carbocycles. The minimum absolute atomic E-state index is 0.0672. The van der Waals surface area contributed by atoms with E-state index in [4.69, 9.17) is 4.74 Å². The Morgan fingerprint density at radius 3 is 1.75 bits per heavy atom. The maximum absolute atomic E-state index is 12.9. The lowest BCUT2D eigenvalue weighted by Crippen LogP contribution is -2.51. The van der Waals surface area contributed by atoms with Crippen molar-refractivity contribution >= 4 is 5.97 Å². The predicted octanol–water partition coefficient (Wildman–Crippen LogP) is 18.7. The van der Waals surface area contributed by atoms with Gasteiger partial charge in [-0.3, -0.25) is 4.79 Å².